The molecule has 8 heteroatoms. The van der Waals surface area contributed by atoms with Gasteiger partial charge in [-0.2, -0.15) is 4.31 Å². The van der Waals surface area contributed by atoms with Gasteiger partial charge < -0.3 is 4.90 Å². The smallest absolute Gasteiger partial charge is 0.244 e. The summed E-state index contributed by atoms with van der Waals surface area (Å²) in [6.07, 6.45) is 0. The largest absolute Gasteiger partial charge is 0.339 e. The van der Waals surface area contributed by atoms with Crippen LogP contribution >= 0.6 is 23.2 Å². The average Bonchev–Trinajstić information content (AvgIpc) is 2.70. The van der Waals surface area contributed by atoms with Crippen molar-refractivity contribution in [2.75, 3.05) is 26.2 Å². The van der Waals surface area contributed by atoms with Crippen LogP contribution in [0.4, 0.5) is 0 Å². The molecule has 1 saturated heterocycles. The van der Waals surface area contributed by atoms with Gasteiger partial charge in [-0.3, -0.25) is 4.79 Å². The van der Waals surface area contributed by atoms with Crippen molar-refractivity contribution in [2.45, 2.75) is 24.2 Å². The molecule has 2 aromatic rings. The molecule has 0 saturated carbocycles. The first-order valence-corrected chi connectivity index (χ1v) is 11.1. The zero-order valence-electron chi connectivity index (χ0n) is 15.7. The van der Waals surface area contributed by atoms with Gasteiger partial charge in [0.1, 0.15) is 4.90 Å². The van der Waals surface area contributed by atoms with Gasteiger partial charge in [-0.25, -0.2) is 8.42 Å². The maximum atomic E-state index is 13.1. The molecule has 0 spiro atoms. The van der Waals surface area contributed by atoms with Gasteiger partial charge in [0.2, 0.25) is 15.9 Å². The Labute approximate surface area is 175 Å². The van der Waals surface area contributed by atoms with E-state index in [1.165, 1.54) is 16.4 Å². The lowest BCUT2D eigenvalue weighted by molar-refractivity contribution is -0.137. The van der Waals surface area contributed by atoms with Crippen LogP contribution in [0.25, 0.3) is 0 Å². The molecule has 28 heavy (non-hydrogen) atoms. The van der Waals surface area contributed by atoms with E-state index in [0.717, 1.165) is 5.56 Å². The maximum Gasteiger partial charge on any atom is 0.244 e. The van der Waals surface area contributed by atoms with Gasteiger partial charge in [-0.05, 0) is 37.6 Å². The van der Waals surface area contributed by atoms with E-state index in [2.05, 4.69) is 0 Å². The van der Waals surface area contributed by atoms with Crippen molar-refractivity contribution in [3.63, 3.8) is 0 Å². The summed E-state index contributed by atoms with van der Waals surface area (Å²) >= 11 is 12.0. The van der Waals surface area contributed by atoms with Gasteiger partial charge in [0, 0.05) is 31.2 Å². The fourth-order valence-corrected chi connectivity index (χ4v) is 5.48. The fraction of sp³-hybridized carbons (Fsp3) is 0.350. The minimum atomic E-state index is -3.77. The van der Waals surface area contributed by atoms with Gasteiger partial charge in [0.25, 0.3) is 0 Å². The lowest BCUT2D eigenvalue weighted by Gasteiger charge is -2.38. The maximum absolute atomic E-state index is 13.1. The molecular weight excluding hydrogens is 419 g/mol. The summed E-state index contributed by atoms with van der Waals surface area (Å²) in [6, 6.07) is 14.0. The van der Waals surface area contributed by atoms with Gasteiger partial charge in [0.15, 0.2) is 0 Å². The molecule has 150 valence electrons. The van der Waals surface area contributed by atoms with E-state index in [1.807, 2.05) is 44.2 Å². The highest BCUT2D eigenvalue weighted by atomic mass is 35.5. The molecule has 2 aromatic carbocycles. The number of hydrogen-bond donors (Lipinski definition) is 0. The highest BCUT2D eigenvalue weighted by molar-refractivity contribution is 7.89. The third-order valence-electron chi connectivity index (χ3n) is 5.07. The number of carbonyl (C=O) groups excluding carboxylic acids is 1. The normalized spacial score (nSPS) is 16.2. The molecule has 0 N–H and O–H groups in total. The molecular formula is C20H22Cl2N2O3S. The number of halogens is 2. The third kappa shape index (κ3) is 4.06. The number of sulfonamides is 1. The van der Waals surface area contributed by atoms with Gasteiger partial charge in [0.05, 0.1) is 10.4 Å². The van der Waals surface area contributed by atoms with Crippen LogP contribution in [0.1, 0.15) is 19.4 Å². The Bertz CT molecular complexity index is 970. The van der Waals surface area contributed by atoms with Crippen LogP contribution < -0.4 is 0 Å². The SMILES string of the molecule is CC(C)(C(=O)N1CCN(S(=O)(=O)c2cc(Cl)ccc2Cl)CC1)c1ccccc1. The zero-order chi connectivity index (χ0) is 20.5. The van der Waals surface area contributed by atoms with E-state index >= 15 is 0 Å². The summed E-state index contributed by atoms with van der Waals surface area (Å²) in [4.78, 5) is 14.8. The number of hydrogen-bond acceptors (Lipinski definition) is 3. The first-order chi connectivity index (χ1) is 13.1. The molecule has 0 radical (unpaired) electrons. The molecule has 1 aliphatic heterocycles. The fourth-order valence-electron chi connectivity index (χ4n) is 3.32. The number of carbonyl (C=O) groups is 1. The van der Waals surface area contributed by atoms with Crippen LogP contribution in [0.2, 0.25) is 10.0 Å². The van der Waals surface area contributed by atoms with Crippen LogP contribution in [0.5, 0.6) is 0 Å². The Hall–Kier alpha value is -1.60. The van der Waals surface area contributed by atoms with E-state index in [1.54, 1.807) is 11.0 Å². The molecule has 3 rings (SSSR count). The molecule has 0 aliphatic carbocycles. The average molecular weight is 441 g/mol. The first kappa shape index (κ1) is 21.1. The lowest BCUT2D eigenvalue weighted by atomic mass is 9.83. The second kappa shape index (κ2) is 8.03. The Morgan fingerprint density at radius 1 is 0.964 bits per heavy atom. The number of amides is 1. The summed E-state index contributed by atoms with van der Waals surface area (Å²) in [5, 5.41) is 0.439. The monoisotopic (exact) mass is 440 g/mol. The Kier molecular flexibility index (Phi) is 6.05. The predicted octanol–water partition coefficient (Wildman–Crippen LogP) is 3.80. The predicted molar refractivity (Wildman–Crippen MR) is 111 cm³/mol. The van der Waals surface area contributed by atoms with Crippen molar-refractivity contribution in [2.24, 2.45) is 0 Å². The van der Waals surface area contributed by atoms with Crippen molar-refractivity contribution < 1.29 is 13.2 Å². The minimum Gasteiger partial charge on any atom is -0.339 e. The number of nitrogens with zero attached hydrogens (tertiary/aromatic N) is 2. The first-order valence-electron chi connectivity index (χ1n) is 8.94. The summed E-state index contributed by atoms with van der Waals surface area (Å²) in [6.45, 7) is 4.85. The van der Waals surface area contributed by atoms with Crippen molar-refractivity contribution in [3.05, 3.63) is 64.1 Å². The summed E-state index contributed by atoms with van der Waals surface area (Å²) in [5.41, 5.74) is 0.249. The highest BCUT2D eigenvalue weighted by Crippen LogP contribution is 2.30. The third-order valence-corrected chi connectivity index (χ3v) is 7.68. The van der Waals surface area contributed by atoms with Crippen molar-refractivity contribution in [3.8, 4) is 0 Å². The summed E-state index contributed by atoms with van der Waals surface area (Å²) in [7, 11) is -3.77. The number of benzene rings is 2. The minimum absolute atomic E-state index is 0.00828. The molecule has 0 unspecified atom stereocenters. The molecule has 1 amide bonds. The second-order valence-corrected chi connectivity index (χ2v) is 10.0. The molecule has 1 aliphatic rings. The van der Waals surface area contributed by atoms with Gasteiger partial charge in [-0.15, -0.1) is 0 Å². The van der Waals surface area contributed by atoms with Crippen LogP contribution in [-0.4, -0.2) is 49.7 Å². The topological polar surface area (TPSA) is 57.7 Å². The Morgan fingerprint density at radius 2 is 1.57 bits per heavy atom. The van der Waals surface area contributed by atoms with E-state index in [4.69, 9.17) is 23.2 Å². The second-order valence-electron chi connectivity index (χ2n) is 7.26. The van der Waals surface area contributed by atoms with E-state index in [9.17, 15) is 13.2 Å². The van der Waals surface area contributed by atoms with Crippen molar-refractivity contribution in [1.82, 2.24) is 9.21 Å². The van der Waals surface area contributed by atoms with Crippen LogP contribution in [0.15, 0.2) is 53.4 Å². The molecule has 1 heterocycles. The van der Waals surface area contributed by atoms with Crippen molar-refractivity contribution >= 4 is 39.1 Å². The van der Waals surface area contributed by atoms with E-state index in [0.29, 0.717) is 18.1 Å². The van der Waals surface area contributed by atoms with Crippen LogP contribution in [0, 0.1) is 0 Å². The molecule has 0 atom stereocenters. The number of rotatable bonds is 4. The molecule has 5 nitrogen and oxygen atoms in total. The highest BCUT2D eigenvalue weighted by Gasteiger charge is 2.37. The summed E-state index contributed by atoms with van der Waals surface area (Å²) < 4.78 is 27.2. The summed E-state index contributed by atoms with van der Waals surface area (Å²) in [5.74, 6) is -0.0171. The quantitative estimate of drug-likeness (QED) is 0.725. The number of piperazine rings is 1. The Morgan fingerprint density at radius 3 is 2.18 bits per heavy atom. The molecule has 0 aromatic heterocycles. The van der Waals surface area contributed by atoms with Gasteiger partial charge in [-0.1, -0.05) is 53.5 Å². The van der Waals surface area contributed by atoms with Crippen LogP contribution in [-0.2, 0) is 20.2 Å². The molecule has 1 fully saturated rings. The van der Waals surface area contributed by atoms with Crippen LogP contribution in [0.3, 0.4) is 0 Å². The molecule has 0 bridgehead atoms. The van der Waals surface area contributed by atoms with E-state index < -0.39 is 15.4 Å². The Balaban J connectivity index is 1.74. The van der Waals surface area contributed by atoms with E-state index in [-0.39, 0.29) is 28.9 Å². The lowest BCUT2D eigenvalue weighted by Crippen LogP contribution is -2.54. The van der Waals surface area contributed by atoms with Crippen molar-refractivity contribution in [1.29, 1.82) is 0 Å². The standard InChI is InChI=1S/C20H22Cl2N2O3S/c1-20(2,15-6-4-3-5-7-15)19(25)23-10-12-24(13-11-23)28(26,27)18-14-16(21)8-9-17(18)22/h3-9,14H,10-13H2,1-2H3. The van der Waals surface area contributed by atoms with Gasteiger partial charge >= 0.3 is 0 Å². The zero-order valence-corrected chi connectivity index (χ0v) is 18.1.